The maximum Gasteiger partial charge on any atom is 0.410 e. The first-order chi connectivity index (χ1) is 11.9. The van der Waals surface area contributed by atoms with Gasteiger partial charge in [0, 0.05) is 13.1 Å². The van der Waals surface area contributed by atoms with E-state index in [4.69, 9.17) is 4.74 Å². The average Bonchev–Trinajstić information content (AvgIpc) is 3.17. The zero-order valence-electron chi connectivity index (χ0n) is 15.5. The van der Waals surface area contributed by atoms with Gasteiger partial charge < -0.3 is 15.0 Å². The molecule has 1 aliphatic heterocycles. The number of fused-ring (bicyclic) bond motifs is 1. The Kier molecular flexibility index (Phi) is 4.83. The van der Waals surface area contributed by atoms with Gasteiger partial charge in [-0.2, -0.15) is 0 Å². The number of hydrogen-bond donors (Lipinski definition) is 1. The number of anilines is 1. The van der Waals surface area contributed by atoms with Crippen molar-refractivity contribution in [1.29, 1.82) is 0 Å². The standard InChI is InChI=1S/C18H27N5O2/c1-5-13-11-20-16-9-8-15(21-23(13)16)19-12-14-7-6-10-22(14)17(24)25-18(2,3)4/h8-9,11,14H,5-7,10,12H2,1-4H3,(H,19,21). The molecule has 0 radical (unpaired) electrons. The molecule has 0 aliphatic carbocycles. The predicted octanol–water partition coefficient (Wildman–Crippen LogP) is 3.10. The number of aromatic nitrogens is 3. The molecule has 3 heterocycles. The molecule has 25 heavy (non-hydrogen) atoms. The Morgan fingerprint density at radius 3 is 2.92 bits per heavy atom. The topological polar surface area (TPSA) is 71.8 Å². The van der Waals surface area contributed by atoms with Crippen molar-refractivity contribution in [2.24, 2.45) is 0 Å². The molecule has 1 saturated heterocycles. The van der Waals surface area contributed by atoms with Crippen molar-refractivity contribution < 1.29 is 9.53 Å². The number of amides is 1. The Bertz CT molecular complexity index is 749. The fourth-order valence-electron chi connectivity index (χ4n) is 3.09. The van der Waals surface area contributed by atoms with Crippen LogP contribution in [0.4, 0.5) is 10.6 Å². The summed E-state index contributed by atoms with van der Waals surface area (Å²) in [4.78, 5) is 18.5. The molecule has 1 aliphatic rings. The Hall–Kier alpha value is -2.31. The molecule has 1 amide bonds. The van der Waals surface area contributed by atoms with Crippen molar-refractivity contribution in [3.63, 3.8) is 0 Å². The SMILES string of the molecule is CCc1cnc2ccc(NCC3CCCN3C(=O)OC(C)(C)C)nn12. The highest BCUT2D eigenvalue weighted by Crippen LogP contribution is 2.21. The largest absolute Gasteiger partial charge is 0.444 e. The van der Waals surface area contributed by atoms with E-state index in [1.54, 1.807) is 0 Å². The van der Waals surface area contributed by atoms with Gasteiger partial charge in [0.05, 0.1) is 17.9 Å². The molecule has 1 N–H and O–H groups in total. The van der Waals surface area contributed by atoms with Gasteiger partial charge in [0.1, 0.15) is 11.4 Å². The van der Waals surface area contributed by atoms with Crippen LogP contribution in [0.15, 0.2) is 18.3 Å². The van der Waals surface area contributed by atoms with Gasteiger partial charge >= 0.3 is 6.09 Å². The summed E-state index contributed by atoms with van der Waals surface area (Å²) in [5.41, 5.74) is 1.45. The van der Waals surface area contributed by atoms with Gasteiger partial charge in [0.2, 0.25) is 0 Å². The quantitative estimate of drug-likeness (QED) is 0.922. The maximum atomic E-state index is 12.4. The van der Waals surface area contributed by atoms with Crippen LogP contribution in [-0.4, -0.2) is 50.3 Å². The van der Waals surface area contributed by atoms with Crippen molar-refractivity contribution in [1.82, 2.24) is 19.5 Å². The molecule has 0 aromatic carbocycles. The van der Waals surface area contributed by atoms with E-state index in [0.717, 1.165) is 43.0 Å². The van der Waals surface area contributed by atoms with E-state index < -0.39 is 5.60 Å². The Morgan fingerprint density at radius 1 is 1.40 bits per heavy atom. The van der Waals surface area contributed by atoms with Crippen LogP contribution in [0, 0.1) is 0 Å². The van der Waals surface area contributed by atoms with Gasteiger partial charge in [-0.1, -0.05) is 6.92 Å². The molecule has 0 saturated carbocycles. The van der Waals surface area contributed by atoms with Crippen LogP contribution in [0.5, 0.6) is 0 Å². The molecule has 7 heteroatoms. The van der Waals surface area contributed by atoms with Crippen molar-refractivity contribution in [3.8, 4) is 0 Å². The number of rotatable bonds is 4. The first-order valence-corrected chi connectivity index (χ1v) is 8.94. The number of carbonyl (C=O) groups is 1. The second-order valence-corrected chi connectivity index (χ2v) is 7.44. The summed E-state index contributed by atoms with van der Waals surface area (Å²) < 4.78 is 7.38. The van der Waals surface area contributed by atoms with E-state index in [0.29, 0.717) is 6.54 Å². The number of aryl methyl sites for hydroxylation is 1. The minimum absolute atomic E-state index is 0.126. The lowest BCUT2D eigenvalue weighted by Crippen LogP contribution is -2.42. The zero-order valence-corrected chi connectivity index (χ0v) is 15.5. The summed E-state index contributed by atoms with van der Waals surface area (Å²) >= 11 is 0. The Morgan fingerprint density at radius 2 is 2.20 bits per heavy atom. The van der Waals surface area contributed by atoms with Crippen LogP contribution in [0.2, 0.25) is 0 Å². The molecule has 2 aromatic rings. The molecule has 3 rings (SSSR count). The summed E-state index contributed by atoms with van der Waals surface area (Å²) in [6, 6.07) is 4.00. The molecule has 0 spiro atoms. The lowest BCUT2D eigenvalue weighted by molar-refractivity contribution is 0.0235. The van der Waals surface area contributed by atoms with Crippen LogP contribution in [-0.2, 0) is 11.2 Å². The first-order valence-electron chi connectivity index (χ1n) is 8.94. The third kappa shape index (κ3) is 4.03. The monoisotopic (exact) mass is 345 g/mol. The van der Waals surface area contributed by atoms with Crippen LogP contribution < -0.4 is 5.32 Å². The van der Waals surface area contributed by atoms with E-state index in [-0.39, 0.29) is 12.1 Å². The molecule has 1 fully saturated rings. The third-order valence-corrected chi connectivity index (χ3v) is 4.32. The van der Waals surface area contributed by atoms with Crippen LogP contribution in [0.1, 0.15) is 46.2 Å². The molecule has 2 aromatic heterocycles. The number of carbonyl (C=O) groups excluding carboxylic acids is 1. The van der Waals surface area contributed by atoms with Gasteiger partial charge in [0.25, 0.3) is 0 Å². The predicted molar refractivity (Wildman–Crippen MR) is 96.8 cm³/mol. The fourth-order valence-corrected chi connectivity index (χ4v) is 3.09. The summed E-state index contributed by atoms with van der Waals surface area (Å²) in [6.45, 7) is 9.17. The van der Waals surface area contributed by atoms with Crippen LogP contribution in [0.25, 0.3) is 5.65 Å². The van der Waals surface area contributed by atoms with Gasteiger partial charge in [-0.25, -0.2) is 14.3 Å². The fraction of sp³-hybridized carbons (Fsp3) is 0.611. The first kappa shape index (κ1) is 17.5. The van der Waals surface area contributed by atoms with Gasteiger partial charge in [-0.15, -0.1) is 5.10 Å². The second-order valence-electron chi connectivity index (χ2n) is 7.44. The summed E-state index contributed by atoms with van der Waals surface area (Å²) in [7, 11) is 0. The number of nitrogens with zero attached hydrogens (tertiary/aromatic N) is 4. The van der Waals surface area contributed by atoms with E-state index in [2.05, 4.69) is 22.3 Å². The van der Waals surface area contributed by atoms with E-state index >= 15 is 0 Å². The minimum Gasteiger partial charge on any atom is -0.444 e. The van der Waals surface area contributed by atoms with Gasteiger partial charge in [-0.05, 0) is 52.2 Å². The van der Waals surface area contributed by atoms with E-state index in [9.17, 15) is 4.79 Å². The third-order valence-electron chi connectivity index (χ3n) is 4.32. The van der Waals surface area contributed by atoms with Crippen LogP contribution >= 0.6 is 0 Å². The van der Waals surface area contributed by atoms with Crippen molar-refractivity contribution in [3.05, 3.63) is 24.0 Å². The van der Waals surface area contributed by atoms with E-state index in [1.165, 1.54) is 0 Å². The molecule has 1 atom stereocenters. The van der Waals surface area contributed by atoms with E-state index in [1.807, 2.05) is 48.5 Å². The summed E-state index contributed by atoms with van der Waals surface area (Å²) in [5.74, 6) is 0.788. The molecular formula is C18H27N5O2. The average molecular weight is 345 g/mol. The minimum atomic E-state index is -0.470. The highest BCUT2D eigenvalue weighted by atomic mass is 16.6. The van der Waals surface area contributed by atoms with Crippen molar-refractivity contribution >= 4 is 17.6 Å². The smallest absolute Gasteiger partial charge is 0.410 e. The van der Waals surface area contributed by atoms with Gasteiger partial charge in [0.15, 0.2) is 5.65 Å². The van der Waals surface area contributed by atoms with Gasteiger partial charge in [-0.3, -0.25) is 0 Å². The number of imidazole rings is 1. The molecule has 136 valence electrons. The lowest BCUT2D eigenvalue weighted by atomic mass is 10.2. The lowest BCUT2D eigenvalue weighted by Gasteiger charge is -2.28. The Balaban J connectivity index is 1.65. The second kappa shape index (κ2) is 6.90. The highest BCUT2D eigenvalue weighted by molar-refractivity contribution is 5.69. The normalized spacial score (nSPS) is 17.9. The zero-order chi connectivity index (χ0) is 18.0. The summed E-state index contributed by atoms with van der Waals surface area (Å²) in [5, 5.41) is 7.96. The Labute approximate surface area is 148 Å². The van der Waals surface area contributed by atoms with Crippen molar-refractivity contribution in [2.75, 3.05) is 18.4 Å². The molecular weight excluding hydrogens is 318 g/mol. The highest BCUT2D eigenvalue weighted by Gasteiger charge is 2.32. The number of hydrogen-bond acceptors (Lipinski definition) is 5. The van der Waals surface area contributed by atoms with Crippen molar-refractivity contribution in [2.45, 2.75) is 58.6 Å². The van der Waals surface area contributed by atoms with Crippen LogP contribution in [0.3, 0.4) is 0 Å². The number of nitrogens with one attached hydrogen (secondary N) is 1. The molecule has 1 unspecified atom stereocenters. The number of ether oxygens (including phenoxy) is 1. The molecule has 0 bridgehead atoms. The summed E-state index contributed by atoms with van der Waals surface area (Å²) in [6.07, 6.45) is 4.47. The number of likely N-dealkylation sites (tertiary alicyclic amines) is 1. The maximum absolute atomic E-state index is 12.4. The molecule has 7 nitrogen and oxygen atoms in total.